The van der Waals surface area contributed by atoms with Crippen molar-refractivity contribution in [3.05, 3.63) is 16.3 Å². The number of nitrogens with one attached hydrogen (secondary N) is 1. The number of hydrogen-bond acceptors (Lipinski definition) is 6. The Hall–Kier alpha value is -1.83. The zero-order valence-electron chi connectivity index (χ0n) is 7.18. The average Bonchev–Trinajstić information content (AvgIpc) is 2.44. The minimum absolute atomic E-state index is 0.0231. The van der Waals surface area contributed by atoms with E-state index in [0.29, 0.717) is 4.73 Å². The van der Waals surface area contributed by atoms with Gasteiger partial charge >= 0.3 is 5.13 Å². The standard InChI is InChI=1S/C6H7N4O3S/c1-13-9-4(5(7)11)3-2-14-6(8)10(3)12/h2,7H,8H2,1H3/b9-4-. The lowest BCUT2D eigenvalue weighted by Gasteiger charge is -2.03. The first-order valence-corrected chi connectivity index (χ1v) is 4.30. The van der Waals surface area contributed by atoms with E-state index in [4.69, 9.17) is 11.5 Å². The van der Waals surface area contributed by atoms with E-state index < -0.39 is 5.91 Å². The third-order valence-corrected chi connectivity index (χ3v) is 2.10. The number of amides is 1. The number of oxime groups is 1. The Balaban J connectivity index is 3.19. The lowest BCUT2D eigenvalue weighted by Crippen LogP contribution is -2.37. The van der Waals surface area contributed by atoms with Crippen molar-refractivity contribution in [1.82, 2.24) is 5.73 Å². The van der Waals surface area contributed by atoms with Crippen LogP contribution < -0.4 is 16.2 Å². The molecule has 0 saturated carbocycles. The van der Waals surface area contributed by atoms with Gasteiger partial charge < -0.3 is 10.0 Å². The largest absolute Gasteiger partial charge is 0.709 e. The first-order valence-electron chi connectivity index (χ1n) is 3.42. The molecule has 0 saturated heterocycles. The van der Waals surface area contributed by atoms with E-state index in [-0.39, 0.29) is 16.5 Å². The summed E-state index contributed by atoms with van der Waals surface area (Å²) in [5.74, 6) is -1.10. The van der Waals surface area contributed by atoms with Gasteiger partial charge in [0.2, 0.25) is 5.71 Å². The smallest absolute Gasteiger partial charge is 0.335 e. The van der Waals surface area contributed by atoms with Crippen LogP contribution in [0, 0.1) is 5.21 Å². The third-order valence-electron chi connectivity index (χ3n) is 1.35. The van der Waals surface area contributed by atoms with Crippen LogP contribution in [-0.4, -0.2) is 18.7 Å². The van der Waals surface area contributed by atoms with E-state index in [0.717, 1.165) is 11.3 Å². The van der Waals surface area contributed by atoms with Gasteiger partial charge in [0.25, 0.3) is 5.91 Å². The Morgan fingerprint density at radius 3 is 2.86 bits per heavy atom. The summed E-state index contributed by atoms with van der Waals surface area (Å²) < 4.78 is 0.328. The van der Waals surface area contributed by atoms with Crippen LogP contribution in [0.3, 0.4) is 0 Å². The highest BCUT2D eigenvalue weighted by atomic mass is 32.1. The Bertz CT molecular complexity index is 386. The van der Waals surface area contributed by atoms with Gasteiger partial charge in [-0.15, -0.1) is 0 Å². The molecule has 1 heterocycles. The van der Waals surface area contributed by atoms with E-state index in [1.165, 1.54) is 12.5 Å². The summed E-state index contributed by atoms with van der Waals surface area (Å²) in [5.41, 5.74) is 11.7. The van der Waals surface area contributed by atoms with Gasteiger partial charge in [0.15, 0.2) is 5.69 Å². The van der Waals surface area contributed by atoms with Crippen molar-refractivity contribution < 1.29 is 14.4 Å². The van der Waals surface area contributed by atoms with Gasteiger partial charge in [0.05, 0.1) is 0 Å². The van der Waals surface area contributed by atoms with Gasteiger partial charge in [-0.2, -0.15) is 0 Å². The molecule has 0 aliphatic rings. The number of aromatic nitrogens is 1. The van der Waals surface area contributed by atoms with Crippen molar-refractivity contribution >= 4 is 28.1 Å². The van der Waals surface area contributed by atoms with Crippen LogP contribution in [0.25, 0.3) is 0 Å². The summed E-state index contributed by atoms with van der Waals surface area (Å²) in [6.07, 6.45) is 0. The molecule has 0 spiro atoms. The monoisotopic (exact) mass is 215 g/mol. The summed E-state index contributed by atoms with van der Waals surface area (Å²) in [6, 6.07) is 0. The highest BCUT2D eigenvalue weighted by molar-refractivity contribution is 7.13. The van der Waals surface area contributed by atoms with E-state index >= 15 is 0 Å². The van der Waals surface area contributed by atoms with Crippen LogP contribution in [0.4, 0.5) is 5.13 Å². The van der Waals surface area contributed by atoms with Gasteiger partial charge in [-0.1, -0.05) is 16.5 Å². The topological polar surface area (TPSA) is 115 Å². The molecule has 3 N–H and O–H groups in total. The number of carbonyl (C=O) groups is 1. The minimum Gasteiger partial charge on any atom is -0.709 e. The number of nitrogen functional groups attached to an aromatic ring is 1. The first-order chi connectivity index (χ1) is 6.57. The van der Waals surface area contributed by atoms with E-state index in [9.17, 15) is 10.0 Å². The maximum absolute atomic E-state index is 11.2. The molecule has 0 aliphatic heterocycles. The summed E-state index contributed by atoms with van der Waals surface area (Å²) in [5, 5.41) is 15.8. The first kappa shape index (κ1) is 10.3. The van der Waals surface area contributed by atoms with Gasteiger partial charge in [-0.25, -0.2) is 4.73 Å². The minimum atomic E-state index is -1.10. The molecule has 14 heavy (non-hydrogen) atoms. The number of carbonyl (C=O) groups excluding carboxylic acids is 1. The molecule has 1 amide bonds. The summed E-state index contributed by atoms with van der Waals surface area (Å²) in [6.45, 7) is 0. The average molecular weight is 215 g/mol. The predicted molar refractivity (Wildman–Crippen MR) is 49.3 cm³/mol. The molecule has 0 atom stereocenters. The second kappa shape index (κ2) is 3.92. The molecule has 1 aromatic heterocycles. The van der Waals surface area contributed by atoms with Gasteiger partial charge in [-0.3, -0.25) is 16.3 Å². The van der Waals surface area contributed by atoms with Gasteiger partial charge in [0, 0.05) is 5.38 Å². The number of nitrogens with zero attached hydrogens (tertiary/aromatic N) is 2. The molecule has 0 aromatic carbocycles. The predicted octanol–water partition coefficient (Wildman–Crippen LogP) is -0.876. The maximum atomic E-state index is 11.2. The highest BCUT2D eigenvalue weighted by Gasteiger charge is 2.20. The zero-order chi connectivity index (χ0) is 10.7. The Morgan fingerprint density at radius 2 is 2.50 bits per heavy atom. The summed E-state index contributed by atoms with van der Waals surface area (Å²) in [4.78, 5) is 15.1. The van der Waals surface area contributed by atoms with Crippen molar-refractivity contribution in [1.29, 1.82) is 0 Å². The van der Waals surface area contributed by atoms with Gasteiger partial charge in [-0.05, 0) is 0 Å². The van der Waals surface area contributed by atoms with Crippen molar-refractivity contribution in [2.24, 2.45) is 5.16 Å². The number of hydrogen-bond donors (Lipinski definition) is 1. The molecule has 0 unspecified atom stereocenters. The maximum Gasteiger partial charge on any atom is 0.335 e. The fraction of sp³-hybridized carbons (Fsp3) is 0.167. The molecule has 7 nitrogen and oxygen atoms in total. The van der Waals surface area contributed by atoms with Crippen molar-refractivity contribution in [2.75, 3.05) is 12.8 Å². The summed E-state index contributed by atoms with van der Waals surface area (Å²) in [7, 11) is 1.22. The van der Waals surface area contributed by atoms with E-state index in [1.54, 1.807) is 0 Å². The van der Waals surface area contributed by atoms with Crippen molar-refractivity contribution in [3.63, 3.8) is 0 Å². The molecule has 0 fully saturated rings. The highest BCUT2D eigenvalue weighted by Crippen LogP contribution is 2.09. The van der Waals surface area contributed by atoms with Crippen LogP contribution in [0.2, 0.25) is 0 Å². The van der Waals surface area contributed by atoms with E-state index in [2.05, 4.69) is 9.99 Å². The molecular weight excluding hydrogens is 208 g/mol. The summed E-state index contributed by atoms with van der Waals surface area (Å²) >= 11 is 0.959. The molecule has 0 bridgehead atoms. The molecule has 75 valence electrons. The van der Waals surface area contributed by atoms with Crippen LogP contribution in [0.5, 0.6) is 0 Å². The Morgan fingerprint density at radius 1 is 1.86 bits per heavy atom. The second-order valence-electron chi connectivity index (χ2n) is 2.21. The fourth-order valence-electron chi connectivity index (χ4n) is 0.778. The third kappa shape index (κ3) is 1.74. The van der Waals surface area contributed by atoms with Crippen LogP contribution in [-0.2, 0) is 9.63 Å². The number of anilines is 1. The molecular formula is C6H7N4O3S. The van der Waals surface area contributed by atoms with Gasteiger partial charge in [0.1, 0.15) is 7.11 Å². The van der Waals surface area contributed by atoms with Crippen LogP contribution in [0.15, 0.2) is 10.5 Å². The Kier molecular flexibility index (Phi) is 2.87. The van der Waals surface area contributed by atoms with Crippen molar-refractivity contribution in [2.45, 2.75) is 0 Å². The fourth-order valence-corrected chi connectivity index (χ4v) is 1.41. The lowest BCUT2D eigenvalue weighted by atomic mass is 10.3. The lowest BCUT2D eigenvalue weighted by molar-refractivity contribution is -0.586. The number of nitrogens with two attached hydrogens (primary N) is 1. The van der Waals surface area contributed by atoms with Crippen LogP contribution in [0.1, 0.15) is 5.69 Å². The SMILES string of the molecule is CO/N=C(\C([NH])=O)c1csc(N)[n+]1[O-]. The van der Waals surface area contributed by atoms with Crippen LogP contribution >= 0.6 is 11.3 Å². The number of thiazole rings is 1. The number of rotatable bonds is 3. The zero-order valence-corrected chi connectivity index (χ0v) is 8.00. The second-order valence-corrected chi connectivity index (χ2v) is 3.09. The molecule has 1 aromatic rings. The molecule has 1 radical (unpaired) electrons. The molecule has 0 aliphatic carbocycles. The quantitative estimate of drug-likeness (QED) is 0.305. The van der Waals surface area contributed by atoms with E-state index in [1.807, 2.05) is 0 Å². The normalized spacial score (nSPS) is 11.4. The Labute approximate surface area is 83.1 Å². The molecule has 8 heteroatoms. The van der Waals surface area contributed by atoms with Crippen molar-refractivity contribution in [3.8, 4) is 0 Å². The molecule has 1 rings (SSSR count).